The molecule has 0 saturated carbocycles. The Hall–Kier alpha value is -3.75. The van der Waals surface area contributed by atoms with E-state index in [1.807, 2.05) is 6.92 Å². The van der Waals surface area contributed by atoms with Crippen molar-refractivity contribution in [3.63, 3.8) is 0 Å². The number of nitrogens with zero attached hydrogens (tertiary/aromatic N) is 4. The van der Waals surface area contributed by atoms with Crippen molar-refractivity contribution in [3.05, 3.63) is 60.4 Å². The summed E-state index contributed by atoms with van der Waals surface area (Å²) < 4.78 is 12.1. The summed E-state index contributed by atoms with van der Waals surface area (Å²) in [4.78, 5) is 23.9. The molecule has 0 bridgehead atoms. The Balaban J connectivity index is 1.46. The van der Waals surface area contributed by atoms with Gasteiger partial charge in [-0.15, -0.1) is 5.10 Å². The number of aromatic nitrogens is 4. The number of nitrogens with one attached hydrogen (secondary N) is 1. The van der Waals surface area contributed by atoms with E-state index in [2.05, 4.69) is 20.8 Å². The molecule has 2 aromatic carbocycles. The molecular weight excluding hydrogens is 374 g/mol. The minimum absolute atomic E-state index is 0.148. The van der Waals surface area contributed by atoms with E-state index >= 15 is 0 Å². The van der Waals surface area contributed by atoms with Gasteiger partial charge >= 0.3 is 5.97 Å². The molecule has 1 aromatic heterocycles. The maximum absolute atomic E-state index is 12.1. The molecule has 3 aromatic rings. The molecule has 0 aliphatic carbocycles. The van der Waals surface area contributed by atoms with Crippen molar-refractivity contribution in [2.75, 3.05) is 18.5 Å². The molecule has 9 heteroatoms. The summed E-state index contributed by atoms with van der Waals surface area (Å²) in [7, 11) is 0. The smallest absolute Gasteiger partial charge is 0.338 e. The molecule has 0 fully saturated rings. The summed E-state index contributed by atoms with van der Waals surface area (Å²) in [5, 5.41) is 13.7. The number of anilines is 1. The Morgan fingerprint density at radius 3 is 2.48 bits per heavy atom. The van der Waals surface area contributed by atoms with E-state index in [0.29, 0.717) is 23.6 Å². The molecule has 150 valence electrons. The second-order valence-electron chi connectivity index (χ2n) is 6.15. The zero-order chi connectivity index (χ0) is 20.5. The number of tetrazole rings is 1. The Kier molecular flexibility index (Phi) is 6.88. The number of carbonyl (C=O) groups excluding carboxylic acids is 2. The molecule has 0 radical (unpaired) electrons. The lowest BCUT2D eigenvalue weighted by molar-refractivity contribution is -0.118. The molecule has 0 spiro atoms. The van der Waals surface area contributed by atoms with Crippen LogP contribution >= 0.6 is 0 Å². The normalized spacial score (nSPS) is 10.4. The fraction of sp³-hybridized carbons (Fsp3) is 0.250. The molecule has 1 N–H and O–H groups in total. The van der Waals surface area contributed by atoms with E-state index in [0.717, 1.165) is 18.5 Å². The summed E-state index contributed by atoms with van der Waals surface area (Å²) in [5.41, 5.74) is 1.79. The van der Waals surface area contributed by atoms with Crippen molar-refractivity contribution < 1.29 is 19.1 Å². The van der Waals surface area contributed by atoms with E-state index in [1.54, 1.807) is 48.5 Å². The largest absolute Gasteiger partial charge is 0.484 e. The first-order chi connectivity index (χ1) is 14.2. The zero-order valence-electron chi connectivity index (χ0n) is 15.9. The highest BCUT2D eigenvalue weighted by molar-refractivity contribution is 5.93. The van der Waals surface area contributed by atoms with Gasteiger partial charge in [-0.1, -0.05) is 13.3 Å². The van der Waals surface area contributed by atoms with Crippen LogP contribution in [0.1, 0.15) is 30.1 Å². The third-order valence-corrected chi connectivity index (χ3v) is 3.96. The van der Waals surface area contributed by atoms with Crippen molar-refractivity contribution >= 4 is 17.6 Å². The van der Waals surface area contributed by atoms with E-state index in [4.69, 9.17) is 9.47 Å². The highest BCUT2D eigenvalue weighted by Crippen LogP contribution is 2.15. The number of hydrogen-bond acceptors (Lipinski definition) is 7. The van der Waals surface area contributed by atoms with Gasteiger partial charge < -0.3 is 14.8 Å². The number of carbonyl (C=O) groups is 2. The predicted molar refractivity (Wildman–Crippen MR) is 105 cm³/mol. The van der Waals surface area contributed by atoms with Gasteiger partial charge in [0.05, 0.1) is 17.9 Å². The fourth-order valence-corrected chi connectivity index (χ4v) is 2.40. The molecule has 29 heavy (non-hydrogen) atoms. The van der Waals surface area contributed by atoms with E-state index in [-0.39, 0.29) is 18.5 Å². The van der Waals surface area contributed by atoms with Crippen molar-refractivity contribution in [2.45, 2.75) is 19.8 Å². The van der Waals surface area contributed by atoms with Gasteiger partial charge in [-0.2, -0.15) is 0 Å². The van der Waals surface area contributed by atoms with Crippen LogP contribution in [0.15, 0.2) is 54.9 Å². The quantitative estimate of drug-likeness (QED) is 0.438. The van der Waals surface area contributed by atoms with Gasteiger partial charge in [0.25, 0.3) is 5.91 Å². The van der Waals surface area contributed by atoms with Gasteiger partial charge in [-0.3, -0.25) is 4.79 Å². The third kappa shape index (κ3) is 5.86. The van der Waals surface area contributed by atoms with Crippen molar-refractivity contribution in [2.24, 2.45) is 0 Å². The highest BCUT2D eigenvalue weighted by Gasteiger charge is 2.08. The molecule has 3 rings (SSSR count). The lowest BCUT2D eigenvalue weighted by Crippen LogP contribution is -2.20. The standard InChI is InChI=1S/C20H21N5O4/c1-2-3-12-28-20(27)15-4-6-16(7-5-15)22-19(26)13-29-18-10-8-17(9-11-18)25-14-21-23-24-25/h4-11,14H,2-3,12-13H2,1H3,(H,22,26). The Labute approximate surface area is 167 Å². The second kappa shape index (κ2) is 9.98. The number of ether oxygens (including phenoxy) is 2. The van der Waals surface area contributed by atoms with Crippen LogP contribution in [0.3, 0.4) is 0 Å². The summed E-state index contributed by atoms with van der Waals surface area (Å²) >= 11 is 0. The van der Waals surface area contributed by atoms with E-state index in [9.17, 15) is 9.59 Å². The number of hydrogen-bond donors (Lipinski definition) is 1. The van der Waals surface area contributed by atoms with Gasteiger partial charge in [0.15, 0.2) is 6.61 Å². The van der Waals surface area contributed by atoms with Crippen LogP contribution in [0.2, 0.25) is 0 Å². The summed E-state index contributed by atoms with van der Waals surface area (Å²) in [6.45, 7) is 2.29. The predicted octanol–water partition coefficient (Wildman–Crippen LogP) is 2.64. The zero-order valence-corrected chi connectivity index (χ0v) is 15.9. The third-order valence-electron chi connectivity index (χ3n) is 3.96. The number of esters is 1. The van der Waals surface area contributed by atoms with Crippen molar-refractivity contribution in [3.8, 4) is 11.4 Å². The minimum atomic E-state index is -0.371. The monoisotopic (exact) mass is 395 g/mol. The van der Waals surface area contributed by atoms with Crippen LogP contribution in [0.4, 0.5) is 5.69 Å². The summed E-state index contributed by atoms with van der Waals surface area (Å²) in [5.74, 6) is -0.139. The van der Waals surface area contributed by atoms with E-state index < -0.39 is 0 Å². The Bertz CT molecular complexity index is 925. The van der Waals surface area contributed by atoms with Gasteiger partial charge in [0.1, 0.15) is 12.1 Å². The number of unbranched alkanes of at least 4 members (excludes halogenated alkanes) is 1. The first kappa shape index (κ1) is 20.0. The van der Waals surface area contributed by atoms with Gasteiger partial charge in [0.2, 0.25) is 0 Å². The molecule has 1 heterocycles. The van der Waals surface area contributed by atoms with Crippen LogP contribution in [-0.4, -0.2) is 45.3 Å². The lowest BCUT2D eigenvalue weighted by atomic mass is 10.2. The molecule has 9 nitrogen and oxygen atoms in total. The van der Waals surface area contributed by atoms with Crippen molar-refractivity contribution in [1.82, 2.24) is 20.2 Å². The molecular formula is C20H21N5O4. The molecule has 0 unspecified atom stereocenters. The molecule has 0 aliphatic heterocycles. The summed E-state index contributed by atoms with van der Waals surface area (Å²) in [6, 6.07) is 13.5. The number of benzene rings is 2. The Morgan fingerprint density at radius 1 is 1.07 bits per heavy atom. The van der Waals surface area contributed by atoms with E-state index in [1.165, 1.54) is 11.0 Å². The minimum Gasteiger partial charge on any atom is -0.484 e. The van der Waals surface area contributed by atoms with Crippen LogP contribution in [0, 0.1) is 0 Å². The average molecular weight is 395 g/mol. The SMILES string of the molecule is CCCCOC(=O)c1ccc(NC(=O)COc2ccc(-n3cnnn3)cc2)cc1. The van der Waals surface area contributed by atoms with Gasteiger partial charge in [0, 0.05) is 5.69 Å². The topological polar surface area (TPSA) is 108 Å². The second-order valence-corrected chi connectivity index (χ2v) is 6.15. The average Bonchev–Trinajstić information content (AvgIpc) is 3.28. The van der Waals surface area contributed by atoms with Crippen LogP contribution in [0.25, 0.3) is 5.69 Å². The highest BCUT2D eigenvalue weighted by atomic mass is 16.5. The maximum atomic E-state index is 12.1. The van der Waals surface area contributed by atoms with Gasteiger partial charge in [-0.05, 0) is 65.4 Å². The van der Waals surface area contributed by atoms with Crippen LogP contribution in [-0.2, 0) is 9.53 Å². The molecule has 0 saturated heterocycles. The molecule has 0 atom stereocenters. The summed E-state index contributed by atoms with van der Waals surface area (Å²) in [6.07, 6.45) is 3.28. The molecule has 1 amide bonds. The first-order valence-corrected chi connectivity index (χ1v) is 9.19. The Morgan fingerprint density at radius 2 is 1.83 bits per heavy atom. The fourth-order valence-electron chi connectivity index (χ4n) is 2.40. The van der Waals surface area contributed by atoms with Gasteiger partial charge in [-0.25, -0.2) is 9.48 Å². The van der Waals surface area contributed by atoms with Crippen LogP contribution < -0.4 is 10.1 Å². The number of rotatable bonds is 9. The molecule has 0 aliphatic rings. The lowest BCUT2D eigenvalue weighted by Gasteiger charge is -2.09. The maximum Gasteiger partial charge on any atom is 0.338 e. The first-order valence-electron chi connectivity index (χ1n) is 9.19. The van der Waals surface area contributed by atoms with Crippen molar-refractivity contribution in [1.29, 1.82) is 0 Å². The van der Waals surface area contributed by atoms with Crippen LogP contribution in [0.5, 0.6) is 5.75 Å². The number of amides is 1.